The van der Waals surface area contributed by atoms with Crippen LogP contribution in [-0.4, -0.2) is 6.04 Å². The molecule has 1 N–H and O–H groups in total. The molecule has 1 fully saturated rings. The summed E-state index contributed by atoms with van der Waals surface area (Å²) in [5.74, 6) is 2.71. The summed E-state index contributed by atoms with van der Waals surface area (Å²) in [5.41, 5.74) is 2.74. The summed E-state index contributed by atoms with van der Waals surface area (Å²) in [7, 11) is 0. The highest BCUT2D eigenvalue weighted by atomic mass is 16.3. The van der Waals surface area contributed by atoms with Crippen LogP contribution in [-0.2, 0) is 0 Å². The molecular formula is C17H21NO. The molecule has 1 saturated carbocycles. The summed E-state index contributed by atoms with van der Waals surface area (Å²) in [6, 6.07) is 13.9. The molecule has 1 aliphatic carbocycles. The summed E-state index contributed by atoms with van der Waals surface area (Å²) in [4.78, 5) is 0. The van der Waals surface area contributed by atoms with Crippen LogP contribution >= 0.6 is 0 Å². The van der Waals surface area contributed by atoms with Crippen LogP contribution in [0.5, 0.6) is 0 Å². The van der Waals surface area contributed by atoms with Gasteiger partial charge in [0.1, 0.15) is 11.5 Å². The van der Waals surface area contributed by atoms with Crippen LogP contribution in [0.1, 0.15) is 48.0 Å². The first-order valence-corrected chi connectivity index (χ1v) is 7.03. The topological polar surface area (TPSA) is 25.2 Å². The van der Waals surface area contributed by atoms with E-state index in [2.05, 4.69) is 48.6 Å². The fraction of sp³-hybridized carbons (Fsp3) is 0.412. The van der Waals surface area contributed by atoms with Crippen molar-refractivity contribution < 1.29 is 4.42 Å². The van der Waals surface area contributed by atoms with Gasteiger partial charge in [-0.1, -0.05) is 30.3 Å². The second-order valence-electron chi connectivity index (χ2n) is 5.62. The average Bonchev–Trinajstić information content (AvgIpc) is 3.07. The van der Waals surface area contributed by atoms with E-state index in [0.717, 1.165) is 11.5 Å². The smallest absolute Gasteiger partial charge is 0.105 e. The molecule has 2 nitrogen and oxygen atoms in total. The fourth-order valence-electron chi connectivity index (χ4n) is 2.94. The Kier molecular flexibility index (Phi) is 3.19. The molecule has 0 bridgehead atoms. The molecule has 2 heteroatoms. The van der Waals surface area contributed by atoms with Crippen LogP contribution in [0.25, 0.3) is 0 Å². The monoisotopic (exact) mass is 255 g/mol. The molecule has 3 rings (SSSR count). The Labute approximate surface area is 114 Å². The van der Waals surface area contributed by atoms with E-state index in [1.54, 1.807) is 0 Å². The molecule has 1 aliphatic rings. The van der Waals surface area contributed by atoms with Gasteiger partial charge in [-0.05, 0) is 38.8 Å². The second-order valence-corrected chi connectivity index (χ2v) is 5.62. The molecule has 3 atom stereocenters. The molecule has 2 aromatic rings. The van der Waals surface area contributed by atoms with Crippen LogP contribution in [0, 0.1) is 13.8 Å². The lowest BCUT2D eigenvalue weighted by Gasteiger charge is -2.13. The Morgan fingerprint density at radius 1 is 1.21 bits per heavy atom. The van der Waals surface area contributed by atoms with E-state index in [0.29, 0.717) is 18.0 Å². The van der Waals surface area contributed by atoms with Gasteiger partial charge in [0.25, 0.3) is 0 Å². The number of nitrogens with one attached hydrogen (secondary N) is 1. The van der Waals surface area contributed by atoms with Gasteiger partial charge in [0, 0.05) is 23.6 Å². The van der Waals surface area contributed by atoms with E-state index in [1.807, 2.05) is 13.8 Å². The zero-order valence-corrected chi connectivity index (χ0v) is 11.8. The van der Waals surface area contributed by atoms with Crippen LogP contribution in [0.3, 0.4) is 0 Å². The fourth-order valence-corrected chi connectivity index (χ4v) is 2.94. The zero-order chi connectivity index (χ0) is 13.4. The molecule has 0 saturated heterocycles. The predicted molar refractivity (Wildman–Crippen MR) is 77.3 cm³/mol. The van der Waals surface area contributed by atoms with Crippen molar-refractivity contribution in [1.82, 2.24) is 5.32 Å². The second kappa shape index (κ2) is 4.86. The summed E-state index contributed by atoms with van der Waals surface area (Å²) in [6.45, 7) is 6.27. The van der Waals surface area contributed by atoms with Crippen LogP contribution < -0.4 is 5.32 Å². The van der Waals surface area contributed by atoms with Gasteiger partial charge in [-0.15, -0.1) is 0 Å². The van der Waals surface area contributed by atoms with Crippen molar-refractivity contribution in [2.24, 2.45) is 0 Å². The van der Waals surface area contributed by atoms with Crippen LogP contribution in [0.2, 0.25) is 0 Å². The number of hydrogen-bond donors (Lipinski definition) is 1. The highest BCUT2D eigenvalue weighted by molar-refractivity contribution is 5.29. The Morgan fingerprint density at radius 2 is 1.95 bits per heavy atom. The van der Waals surface area contributed by atoms with Gasteiger partial charge in [-0.2, -0.15) is 0 Å². The minimum Gasteiger partial charge on any atom is -0.466 e. The van der Waals surface area contributed by atoms with E-state index >= 15 is 0 Å². The van der Waals surface area contributed by atoms with Gasteiger partial charge < -0.3 is 9.73 Å². The highest BCUT2D eigenvalue weighted by Gasteiger charge is 2.39. The lowest BCUT2D eigenvalue weighted by Crippen LogP contribution is -2.22. The van der Waals surface area contributed by atoms with Crippen molar-refractivity contribution in [2.45, 2.75) is 45.2 Å². The van der Waals surface area contributed by atoms with Crippen molar-refractivity contribution >= 4 is 0 Å². The molecule has 1 aromatic carbocycles. The maximum atomic E-state index is 5.61. The summed E-state index contributed by atoms with van der Waals surface area (Å²) < 4.78 is 5.61. The Morgan fingerprint density at radius 3 is 2.58 bits per heavy atom. The molecule has 0 spiro atoms. The van der Waals surface area contributed by atoms with E-state index in [4.69, 9.17) is 4.42 Å². The van der Waals surface area contributed by atoms with Gasteiger partial charge in [-0.25, -0.2) is 0 Å². The Bertz CT molecular complexity index is 558. The third kappa shape index (κ3) is 2.59. The van der Waals surface area contributed by atoms with E-state index < -0.39 is 0 Å². The van der Waals surface area contributed by atoms with Crippen molar-refractivity contribution in [3.05, 3.63) is 59.0 Å². The van der Waals surface area contributed by atoms with E-state index in [-0.39, 0.29) is 0 Å². The third-order valence-corrected chi connectivity index (χ3v) is 4.03. The minimum atomic E-state index is 0.358. The van der Waals surface area contributed by atoms with Crippen molar-refractivity contribution in [1.29, 1.82) is 0 Å². The maximum absolute atomic E-state index is 5.61. The number of rotatable bonds is 4. The zero-order valence-electron chi connectivity index (χ0n) is 11.8. The first-order valence-electron chi connectivity index (χ1n) is 7.03. The standard InChI is InChI=1S/C17H21NO/c1-11-9-15(13(3)19-11)12(2)18-17-10-16(17)14-7-5-4-6-8-14/h4-9,12,16-18H,10H2,1-3H3. The lowest BCUT2D eigenvalue weighted by atomic mass is 10.1. The number of furan rings is 1. The van der Waals surface area contributed by atoms with Gasteiger partial charge >= 0.3 is 0 Å². The predicted octanol–water partition coefficient (Wildman–Crippen LogP) is 4.10. The molecule has 0 amide bonds. The molecule has 1 aromatic heterocycles. The van der Waals surface area contributed by atoms with Gasteiger partial charge in [-0.3, -0.25) is 0 Å². The van der Waals surface area contributed by atoms with Crippen molar-refractivity contribution in [2.75, 3.05) is 0 Å². The minimum absolute atomic E-state index is 0.358. The van der Waals surface area contributed by atoms with E-state index in [9.17, 15) is 0 Å². The van der Waals surface area contributed by atoms with Crippen LogP contribution in [0.15, 0.2) is 40.8 Å². The average molecular weight is 255 g/mol. The molecule has 1 heterocycles. The van der Waals surface area contributed by atoms with E-state index in [1.165, 1.54) is 17.5 Å². The van der Waals surface area contributed by atoms with Crippen LogP contribution in [0.4, 0.5) is 0 Å². The molecule has 0 radical (unpaired) electrons. The molecule has 19 heavy (non-hydrogen) atoms. The highest BCUT2D eigenvalue weighted by Crippen LogP contribution is 2.42. The molecular weight excluding hydrogens is 234 g/mol. The van der Waals surface area contributed by atoms with Gasteiger partial charge in [0.05, 0.1) is 0 Å². The van der Waals surface area contributed by atoms with Crippen molar-refractivity contribution in [3.63, 3.8) is 0 Å². The lowest BCUT2D eigenvalue weighted by molar-refractivity contribution is 0.488. The Balaban J connectivity index is 1.63. The normalized spacial score (nSPS) is 23.3. The third-order valence-electron chi connectivity index (χ3n) is 4.03. The van der Waals surface area contributed by atoms with Gasteiger partial charge in [0.15, 0.2) is 0 Å². The summed E-state index contributed by atoms with van der Waals surface area (Å²) >= 11 is 0. The SMILES string of the molecule is Cc1cc(C(C)NC2CC2c2ccccc2)c(C)o1. The number of aryl methyl sites for hydroxylation is 2. The summed E-state index contributed by atoms with van der Waals surface area (Å²) in [5, 5.41) is 3.71. The first kappa shape index (κ1) is 12.5. The number of hydrogen-bond acceptors (Lipinski definition) is 2. The number of benzene rings is 1. The maximum Gasteiger partial charge on any atom is 0.105 e. The quantitative estimate of drug-likeness (QED) is 0.889. The first-order chi connectivity index (χ1) is 9.15. The summed E-state index contributed by atoms with van der Waals surface area (Å²) in [6.07, 6.45) is 1.24. The van der Waals surface area contributed by atoms with Gasteiger partial charge in [0.2, 0.25) is 0 Å². The molecule has 0 aliphatic heterocycles. The Hall–Kier alpha value is -1.54. The largest absolute Gasteiger partial charge is 0.466 e. The molecule has 3 unspecified atom stereocenters. The van der Waals surface area contributed by atoms with Crippen molar-refractivity contribution in [3.8, 4) is 0 Å². The molecule has 100 valence electrons.